The second-order valence-corrected chi connectivity index (χ2v) is 24.6. The number of nitrogens with one attached hydrogen (secondary N) is 3. The lowest BCUT2D eigenvalue weighted by Crippen LogP contribution is -2.62. The lowest BCUT2D eigenvalue weighted by Gasteiger charge is -2.41. The summed E-state index contributed by atoms with van der Waals surface area (Å²) < 4.78 is 11.3. The van der Waals surface area contributed by atoms with Gasteiger partial charge in [0.15, 0.2) is 0 Å². The van der Waals surface area contributed by atoms with Crippen molar-refractivity contribution in [3.63, 3.8) is 0 Å². The minimum absolute atomic E-state index is 0.0626. The van der Waals surface area contributed by atoms with E-state index in [1.165, 1.54) is 9.80 Å². The summed E-state index contributed by atoms with van der Waals surface area (Å²) in [5.41, 5.74) is -4.50. The number of likely N-dealkylation sites (tertiary alicyclic amines) is 1. The topological polar surface area (TPSA) is 296 Å². The van der Waals surface area contributed by atoms with E-state index in [0.717, 1.165) is 57.8 Å². The highest BCUT2D eigenvalue weighted by atomic mass is 16.6. The summed E-state index contributed by atoms with van der Waals surface area (Å²) in [7, 11) is 0. The quantitative estimate of drug-likeness (QED) is 0.0253. The number of carboxylic acids is 3. The van der Waals surface area contributed by atoms with Gasteiger partial charge in [0.2, 0.25) is 29.5 Å². The van der Waals surface area contributed by atoms with E-state index in [9.17, 15) is 63.3 Å². The van der Waals surface area contributed by atoms with Gasteiger partial charge in [0.1, 0.15) is 22.8 Å². The predicted molar refractivity (Wildman–Crippen MR) is 290 cm³/mol. The smallest absolute Gasteiger partial charge is 0.410 e. The zero-order valence-corrected chi connectivity index (χ0v) is 48.8. The van der Waals surface area contributed by atoms with Crippen molar-refractivity contribution in [1.82, 2.24) is 30.7 Å². The minimum Gasteiger partial charge on any atom is -0.481 e. The van der Waals surface area contributed by atoms with Gasteiger partial charge in [0.05, 0.1) is 12.3 Å². The summed E-state index contributed by atoms with van der Waals surface area (Å²) in [4.78, 5) is 130. The van der Waals surface area contributed by atoms with Gasteiger partial charge in [-0.05, 0) is 97.3 Å². The molecule has 1 heterocycles. The minimum atomic E-state index is -1.71. The molecule has 1 saturated heterocycles. The third kappa shape index (κ3) is 27.6. The molecule has 0 bridgehead atoms. The van der Waals surface area contributed by atoms with Gasteiger partial charge >= 0.3 is 30.1 Å². The standard InChI is InChI=1S/C56H98N6O15/c1-52(2,3)40(47(68)69)27-21-19-17-15-13-14-16-18-20-22-28-43(64)59-56(49(72)73,53(4,5)6)32-31-42(63)57-33-25-37-60(50(74)76-54(7,8)9)35-23-24-36-61(51(75)77-55(10,11)12)38-26-34-58-44(65)39-41(48(70)71)62-45(66)29-30-46(62)67/h40-41H,13-39H2,1-12H3,(H,57,63)(H,58,65)(H,59,64)(H,68,69)(H,70,71)(H,72,73). The lowest BCUT2D eigenvalue weighted by atomic mass is 9.70. The molecule has 77 heavy (non-hydrogen) atoms. The molecule has 7 amide bonds. The molecule has 1 fully saturated rings. The highest BCUT2D eigenvalue weighted by molar-refractivity contribution is 6.05. The van der Waals surface area contributed by atoms with Crippen LogP contribution in [0.2, 0.25) is 0 Å². The Morgan fingerprint density at radius 2 is 0.948 bits per heavy atom. The van der Waals surface area contributed by atoms with E-state index in [4.69, 9.17) is 9.47 Å². The summed E-state index contributed by atoms with van der Waals surface area (Å²) >= 11 is 0. The molecule has 0 aromatic rings. The summed E-state index contributed by atoms with van der Waals surface area (Å²) in [5.74, 6) is -6.53. The normalized spacial score (nSPS) is 14.7. The Morgan fingerprint density at radius 3 is 1.34 bits per heavy atom. The number of ether oxygens (including phenoxy) is 2. The van der Waals surface area contributed by atoms with Crippen LogP contribution in [0.25, 0.3) is 0 Å². The molecule has 0 radical (unpaired) electrons. The van der Waals surface area contributed by atoms with Gasteiger partial charge in [-0.15, -0.1) is 0 Å². The average Bonchev–Trinajstić information content (AvgIpc) is 3.62. The molecule has 21 heteroatoms. The Hall–Kier alpha value is -5.50. The fourth-order valence-electron chi connectivity index (χ4n) is 9.09. The van der Waals surface area contributed by atoms with Crippen molar-refractivity contribution in [3.05, 3.63) is 0 Å². The van der Waals surface area contributed by atoms with Crippen LogP contribution in [0, 0.1) is 16.7 Å². The highest BCUT2D eigenvalue weighted by Gasteiger charge is 2.50. The van der Waals surface area contributed by atoms with E-state index in [1.54, 1.807) is 62.3 Å². The summed E-state index contributed by atoms with van der Waals surface area (Å²) in [6, 6.07) is -1.62. The van der Waals surface area contributed by atoms with Crippen LogP contribution in [0.15, 0.2) is 0 Å². The first-order valence-corrected chi connectivity index (χ1v) is 28.0. The Morgan fingerprint density at radius 1 is 0.532 bits per heavy atom. The molecule has 1 aliphatic heterocycles. The largest absolute Gasteiger partial charge is 0.481 e. The maximum Gasteiger partial charge on any atom is 0.410 e. The molecule has 1 rings (SSSR count). The fourth-order valence-corrected chi connectivity index (χ4v) is 9.09. The number of nitrogens with zero attached hydrogens (tertiary/aromatic N) is 3. The lowest BCUT2D eigenvalue weighted by molar-refractivity contribution is -0.155. The number of aliphatic carboxylic acids is 3. The molecule has 3 atom stereocenters. The van der Waals surface area contributed by atoms with Crippen LogP contribution < -0.4 is 16.0 Å². The second kappa shape index (κ2) is 33.1. The van der Waals surface area contributed by atoms with E-state index in [-0.39, 0.29) is 95.0 Å². The third-order valence-electron chi connectivity index (χ3n) is 13.5. The van der Waals surface area contributed by atoms with Crippen LogP contribution in [0.5, 0.6) is 0 Å². The first-order valence-electron chi connectivity index (χ1n) is 28.0. The van der Waals surface area contributed by atoms with Gasteiger partial charge in [0.25, 0.3) is 0 Å². The number of unbranched alkanes of at least 4 members (excludes halogenated alkanes) is 10. The summed E-state index contributed by atoms with van der Waals surface area (Å²) in [6.45, 7) is 22.6. The number of rotatable bonds is 36. The van der Waals surface area contributed by atoms with Crippen LogP contribution in [0.4, 0.5) is 9.59 Å². The molecule has 0 spiro atoms. The van der Waals surface area contributed by atoms with Gasteiger partial charge in [-0.25, -0.2) is 19.2 Å². The number of amides is 7. The molecule has 0 saturated carbocycles. The number of hydrogen-bond donors (Lipinski definition) is 6. The average molecular weight is 1100 g/mol. The molecule has 21 nitrogen and oxygen atoms in total. The molecule has 0 aromatic carbocycles. The van der Waals surface area contributed by atoms with Crippen molar-refractivity contribution in [2.75, 3.05) is 39.3 Å². The Labute approximate surface area is 458 Å². The van der Waals surface area contributed by atoms with Crippen molar-refractivity contribution in [3.8, 4) is 0 Å². The van der Waals surface area contributed by atoms with Crippen molar-refractivity contribution in [2.24, 2.45) is 16.7 Å². The van der Waals surface area contributed by atoms with Gasteiger partial charge in [0, 0.05) is 65.0 Å². The van der Waals surface area contributed by atoms with Crippen LogP contribution in [-0.2, 0) is 47.8 Å². The van der Waals surface area contributed by atoms with Crippen molar-refractivity contribution in [2.45, 2.75) is 241 Å². The number of imide groups is 1. The molecular weight excluding hydrogens is 997 g/mol. The van der Waals surface area contributed by atoms with Gasteiger partial charge < -0.3 is 50.5 Å². The maximum absolute atomic E-state index is 13.3. The molecule has 0 aliphatic carbocycles. The van der Waals surface area contributed by atoms with Crippen LogP contribution in [0.1, 0.15) is 218 Å². The number of carbonyl (C=O) groups is 10. The first kappa shape index (κ1) is 69.5. The van der Waals surface area contributed by atoms with Crippen molar-refractivity contribution >= 4 is 59.6 Å². The van der Waals surface area contributed by atoms with Gasteiger partial charge in [-0.1, -0.05) is 99.3 Å². The van der Waals surface area contributed by atoms with Crippen LogP contribution in [0.3, 0.4) is 0 Å². The number of hydrogen-bond acceptors (Lipinski definition) is 12. The van der Waals surface area contributed by atoms with Crippen molar-refractivity contribution < 1.29 is 72.7 Å². The molecule has 442 valence electrons. The van der Waals surface area contributed by atoms with E-state index in [2.05, 4.69) is 16.0 Å². The van der Waals surface area contributed by atoms with Crippen LogP contribution >= 0.6 is 0 Å². The summed E-state index contributed by atoms with van der Waals surface area (Å²) in [6.07, 6.45) is 9.77. The number of carboxylic acid groups (broad SMARTS) is 3. The van der Waals surface area contributed by atoms with E-state index < -0.39 is 88.3 Å². The van der Waals surface area contributed by atoms with Crippen LogP contribution in [-0.4, -0.2) is 152 Å². The molecule has 6 N–H and O–H groups in total. The van der Waals surface area contributed by atoms with E-state index in [1.807, 2.05) is 20.8 Å². The molecule has 3 unspecified atom stereocenters. The van der Waals surface area contributed by atoms with Gasteiger partial charge in [-0.3, -0.25) is 33.7 Å². The SMILES string of the molecule is CC(C)(C)OC(=O)N(CCCCN(CCCNC(=O)CC(C(=O)O)N1C(=O)CCC1=O)C(=O)OC(C)(C)C)CCCNC(=O)CCC(NC(=O)CCCCCCCCCCCCC(C(=O)O)C(C)(C)C)(C(=O)O)C(C)(C)C. The number of carbonyl (C=O) groups excluding carboxylic acids is 7. The summed E-state index contributed by atoms with van der Waals surface area (Å²) in [5, 5.41) is 37.9. The fraction of sp³-hybridized carbons (Fsp3) is 0.821. The highest BCUT2D eigenvalue weighted by Crippen LogP contribution is 2.35. The van der Waals surface area contributed by atoms with Gasteiger partial charge in [-0.2, -0.15) is 0 Å². The Kier molecular flexibility index (Phi) is 29.8. The predicted octanol–water partition coefficient (Wildman–Crippen LogP) is 8.44. The Bertz CT molecular complexity index is 1930. The zero-order chi connectivity index (χ0) is 58.8. The van der Waals surface area contributed by atoms with E-state index in [0.29, 0.717) is 37.0 Å². The zero-order valence-electron chi connectivity index (χ0n) is 48.8. The second-order valence-electron chi connectivity index (χ2n) is 24.6. The molecular formula is C56H98N6O15. The molecule has 0 aromatic heterocycles. The maximum atomic E-state index is 13.3. The van der Waals surface area contributed by atoms with Crippen molar-refractivity contribution in [1.29, 1.82) is 0 Å². The molecule has 1 aliphatic rings. The third-order valence-corrected chi connectivity index (χ3v) is 13.5. The first-order chi connectivity index (χ1) is 35.6. The van der Waals surface area contributed by atoms with E-state index >= 15 is 0 Å². The monoisotopic (exact) mass is 1090 g/mol. The Balaban J connectivity index is 2.71.